The fraction of sp³-hybridized carbons (Fsp3) is 0.565. The third-order valence-corrected chi connectivity index (χ3v) is 5.41. The third-order valence-electron chi connectivity index (χ3n) is 5.41. The highest BCUT2D eigenvalue weighted by atomic mass is 35.5. The molecule has 33 heavy (non-hydrogen) atoms. The van der Waals surface area contributed by atoms with Crippen LogP contribution in [0.4, 0.5) is 0 Å². The highest BCUT2D eigenvalue weighted by molar-refractivity contribution is 5.87. The molecular weight excluding hydrogens is 452 g/mol. The minimum atomic E-state index is -0.977. The van der Waals surface area contributed by atoms with Gasteiger partial charge in [-0.05, 0) is 30.0 Å². The number of amides is 1. The number of methoxy groups -OCH3 is 1. The van der Waals surface area contributed by atoms with Gasteiger partial charge in [-0.25, -0.2) is 4.79 Å². The Labute approximate surface area is 200 Å². The molecule has 0 bridgehead atoms. The zero-order valence-electron chi connectivity index (χ0n) is 19.3. The SMILES string of the molecule is COC(=O)[C@H](Cc1ccc(OC(C)=O)c(OC(C)=O)c1)NC(=O)[C@@H](N)CC1CCCCC1.Cl. The Morgan fingerprint density at radius 1 is 1.03 bits per heavy atom. The molecule has 2 rings (SSSR count). The molecule has 0 unspecified atom stereocenters. The summed E-state index contributed by atoms with van der Waals surface area (Å²) in [6, 6.07) is 2.85. The molecule has 2 atom stereocenters. The van der Waals surface area contributed by atoms with E-state index in [0.717, 1.165) is 25.7 Å². The Bertz CT molecular complexity index is 840. The molecule has 1 aromatic rings. The smallest absolute Gasteiger partial charge is 0.328 e. The lowest BCUT2D eigenvalue weighted by Gasteiger charge is -2.25. The minimum Gasteiger partial charge on any atom is -0.467 e. The van der Waals surface area contributed by atoms with Crippen LogP contribution in [0.3, 0.4) is 0 Å². The van der Waals surface area contributed by atoms with Crippen molar-refractivity contribution >= 4 is 36.2 Å². The van der Waals surface area contributed by atoms with Crippen LogP contribution in [0.2, 0.25) is 0 Å². The number of carbonyl (C=O) groups is 4. The molecule has 9 nitrogen and oxygen atoms in total. The van der Waals surface area contributed by atoms with E-state index in [4.69, 9.17) is 19.9 Å². The van der Waals surface area contributed by atoms with Crippen LogP contribution in [0.25, 0.3) is 0 Å². The Morgan fingerprint density at radius 3 is 2.21 bits per heavy atom. The first-order valence-corrected chi connectivity index (χ1v) is 10.8. The molecular formula is C23H33ClN2O7. The largest absolute Gasteiger partial charge is 0.467 e. The van der Waals surface area contributed by atoms with Crippen LogP contribution >= 0.6 is 12.4 Å². The van der Waals surface area contributed by atoms with E-state index in [-0.39, 0.29) is 30.3 Å². The van der Waals surface area contributed by atoms with Crippen LogP contribution in [0.15, 0.2) is 18.2 Å². The summed E-state index contributed by atoms with van der Waals surface area (Å²) in [6.45, 7) is 2.44. The molecule has 1 aliphatic rings. The molecule has 1 aliphatic carbocycles. The van der Waals surface area contributed by atoms with Crippen molar-refractivity contribution in [2.75, 3.05) is 7.11 Å². The molecule has 1 fully saturated rings. The first-order valence-electron chi connectivity index (χ1n) is 10.8. The van der Waals surface area contributed by atoms with Crippen LogP contribution < -0.4 is 20.5 Å². The van der Waals surface area contributed by atoms with Crippen LogP contribution in [0.1, 0.15) is 57.9 Å². The van der Waals surface area contributed by atoms with Gasteiger partial charge < -0.3 is 25.3 Å². The van der Waals surface area contributed by atoms with Crippen molar-refractivity contribution in [3.05, 3.63) is 23.8 Å². The lowest BCUT2D eigenvalue weighted by atomic mass is 9.85. The van der Waals surface area contributed by atoms with E-state index in [1.807, 2.05) is 0 Å². The molecule has 0 saturated heterocycles. The highest BCUT2D eigenvalue weighted by Crippen LogP contribution is 2.30. The summed E-state index contributed by atoms with van der Waals surface area (Å²) in [4.78, 5) is 47.7. The molecule has 3 N–H and O–H groups in total. The summed E-state index contributed by atoms with van der Waals surface area (Å²) in [5, 5.41) is 2.68. The van der Waals surface area contributed by atoms with E-state index in [0.29, 0.717) is 17.9 Å². The topological polar surface area (TPSA) is 134 Å². The molecule has 1 amide bonds. The zero-order valence-corrected chi connectivity index (χ0v) is 20.1. The number of carbonyl (C=O) groups excluding carboxylic acids is 4. The molecule has 1 aromatic carbocycles. The van der Waals surface area contributed by atoms with Crippen molar-refractivity contribution in [1.29, 1.82) is 0 Å². The number of benzene rings is 1. The number of hydrogen-bond acceptors (Lipinski definition) is 8. The van der Waals surface area contributed by atoms with Gasteiger partial charge >= 0.3 is 17.9 Å². The summed E-state index contributed by atoms with van der Waals surface area (Å²) < 4.78 is 15.0. The van der Waals surface area contributed by atoms with Gasteiger partial charge in [0.2, 0.25) is 5.91 Å². The second-order valence-electron chi connectivity index (χ2n) is 8.10. The highest BCUT2D eigenvalue weighted by Gasteiger charge is 2.27. The Morgan fingerprint density at radius 2 is 1.64 bits per heavy atom. The van der Waals surface area contributed by atoms with Gasteiger partial charge in [0.05, 0.1) is 13.2 Å². The lowest BCUT2D eigenvalue weighted by molar-refractivity contribution is -0.145. The molecule has 0 heterocycles. The summed E-state index contributed by atoms with van der Waals surface area (Å²) in [7, 11) is 1.23. The van der Waals surface area contributed by atoms with Gasteiger partial charge in [-0.15, -0.1) is 12.4 Å². The fourth-order valence-electron chi connectivity index (χ4n) is 3.89. The van der Waals surface area contributed by atoms with Gasteiger partial charge in [-0.3, -0.25) is 14.4 Å². The average molecular weight is 485 g/mol. The number of rotatable bonds is 9. The predicted octanol–water partition coefficient (Wildman–Crippen LogP) is 2.46. The van der Waals surface area contributed by atoms with Crippen molar-refractivity contribution in [2.24, 2.45) is 11.7 Å². The molecule has 0 aromatic heterocycles. The van der Waals surface area contributed by atoms with Crippen molar-refractivity contribution in [1.82, 2.24) is 5.32 Å². The van der Waals surface area contributed by atoms with Gasteiger partial charge in [0.1, 0.15) is 6.04 Å². The monoisotopic (exact) mass is 484 g/mol. The van der Waals surface area contributed by atoms with Gasteiger partial charge in [0.25, 0.3) is 0 Å². The zero-order chi connectivity index (χ0) is 23.7. The fourth-order valence-corrected chi connectivity index (χ4v) is 3.89. The molecule has 10 heteroatoms. The number of halogens is 1. The molecule has 0 spiro atoms. The maximum Gasteiger partial charge on any atom is 0.328 e. The maximum atomic E-state index is 12.7. The molecule has 1 saturated carbocycles. The van der Waals surface area contributed by atoms with Crippen molar-refractivity contribution < 1.29 is 33.4 Å². The second-order valence-corrected chi connectivity index (χ2v) is 8.10. The summed E-state index contributed by atoms with van der Waals surface area (Å²) in [5.41, 5.74) is 6.67. The third kappa shape index (κ3) is 9.39. The first-order chi connectivity index (χ1) is 15.2. The lowest BCUT2D eigenvalue weighted by Crippen LogP contribution is -2.50. The maximum absolute atomic E-state index is 12.7. The number of hydrogen-bond donors (Lipinski definition) is 2. The quantitative estimate of drug-likeness (QED) is 0.403. The first kappa shape index (κ1) is 28.4. The van der Waals surface area contributed by atoms with E-state index in [1.165, 1.54) is 39.5 Å². The number of ether oxygens (including phenoxy) is 3. The second kappa shape index (κ2) is 13.8. The standard InChI is InChI=1S/C23H32N2O7.ClH/c1-14(26)31-20-10-9-17(13-21(20)32-15(2)27)12-19(23(29)30-3)25-22(28)18(24)11-16-7-5-4-6-8-16;/h9-10,13,16,18-19H,4-8,11-12,24H2,1-3H3,(H,25,28);1H/t18-,19-;/m0./s1. The molecule has 0 radical (unpaired) electrons. The summed E-state index contributed by atoms with van der Waals surface area (Å²) >= 11 is 0. The van der Waals surface area contributed by atoms with Gasteiger partial charge in [0, 0.05) is 20.3 Å². The van der Waals surface area contributed by atoms with Crippen LogP contribution in [-0.4, -0.2) is 43.0 Å². The number of nitrogens with one attached hydrogen (secondary N) is 1. The Kier molecular flexibility index (Phi) is 11.9. The predicted molar refractivity (Wildman–Crippen MR) is 123 cm³/mol. The Hall–Kier alpha value is -2.65. The average Bonchev–Trinajstić information content (AvgIpc) is 2.74. The van der Waals surface area contributed by atoms with Crippen LogP contribution in [0, 0.1) is 5.92 Å². The van der Waals surface area contributed by atoms with Gasteiger partial charge in [-0.2, -0.15) is 0 Å². The normalized spacial score (nSPS) is 15.4. The number of esters is 3. The van der Waals surface area contributed by atoms with Crippen molar-refractivity contribution in [3.63, 3.8) is 0 Å². The van der Waals surface area contributed by atoms with Crippen molar-refractivity contribution in [2.45, 2.75) is 70.9 Å². The minimum absolute atomic E-state index is 0. The van der Waals surface area contributed by atoms with Gasteiger partial charge in [-0.1, -0.05) is 38.2 Å². The summed E-state index contributed by atoms with van der Waals surface area (Å²) in [6.07, 6.45) is 6.30. The van der Waals surface area contributed by atoms with Crippen molar-refractivity contribution in [3.8, 4) is 11.5 Å². The number of nitrogens with two attached hydrogens (primary N) is 1. The van der Waals surface area contributed by atoms with E-state index < -0.39 is 35.9 Å². The Balaban J connectivity index is 0.00000544. The summed E-state index contributed by atoms with van der Waals surface area (Å²) in [5.74, 6) is -1.68. The molecule has 0 aliphatic heterocycles. The molecule has 184 valence electrons. The van der Waals surface area contributed by atoms with Gasteiger partial charge in [0.15, 0.2) is 11.5 Å². The van der Waals surface area contributed by atoms with E-state index in [1.54, 1.807) is 6.07 Å². The van der Waals surface area contributed by atoms with E-state index >= 15 is 0 Å². The van der Waals surface area contributed by atoms with E-state index in [9.17, 15) is 19.2 Å². The van der Waals surface area contributed by atoms with E-state index in [2.05, 4.69) is 5.32 Å². The van der Waals surface area contributed by atoms with Crippen LogP contribution in [0.5, 0.6) is 11.5 Å². The van der Waals surface area contributed by atoms with Crippen LogP contribution in [-0.2, 0) is 30.3 Å².